The predicted octanol–water partition coefficient (Wildman–Crippen LogP) is 2.95. The molecule has 0 radical (unpaired) electrons. The fraction of sp³-hybridized carbons (Fsp3) is 0. The first-order chi connectivity index (χ1) is 6.75. The Morgan fingerprint density at radius 3 is 2.64 bits per heavy atom. The van der Waals surface area contributed by atoms with E-state index in [4.69, 9.17) is 11.6 Å². The molecule has 0 aliphatic carbocycles. The molecule has 0 aliphatic heterocycles. The molecule has 0 atom stereocenters. The van der Waals surface area contributed by atoms with Gasteiger partial charge in [0.25, 0.3) is 0 Å². The second-order valence-corrected chi connectivity index (χ2v) is 3.71. The molecule has 0 fully saturated rings. The molecule has 70 valence electrons. The van der Waals surface area contributed by atoms with E-state index in [2.05, 4.69) is 30.9 Å². The number of halogens is 2. The second kappa shape index (κ2) is 4.02. The Balaban J connectivity index is 2.52. The summed E-state index contributed by atoms with van der Waals surface area (Å²) in [5.41, 5.74) is 1.48. The van der Waals surface area contributed by atoms with E-state index < -0.39 is 0 Å². The van der Waals surface area contributed by atoms with E-state index >= 15 is 0 Å². The lowest BCUT2D eigenvalue weighted by molar-refractivity contribution is 1.13. The molecule has 0 amide bonds. The number of rotatable bonds is 1. The first kappa shape index (κ1) is 9.55. The van der Waals surface area contributed by atoms with Crippen LogP contribution in [0.3, 0.4) is 0 Å². The van der Waals surface area contributed by atoms with Crippen molar-refractivity contribution in [1.82, 2.24) is 15.0 Å². The largest absolute Gasteiger partial charge is 0.255 e. The van der Waals surface area contributed by atoms with Gasteiger partial charge in [-0.25, -0.2) is 9.97 Å². The van der Waals surface area contributed by atoms with E-state index in [1.54, 1.807) is 12.3 Å². The highest BCUT2D eigenvalue weighted by Gasteiger charge is 2.03. The fourth-order valence-corrected chi connectivity index (χ4v) is 1.70. The number of nitrogens with zero attached hydrogens (tertiary/aromatic N) is 3. The second-order valence-electron chi connectivity index (χ2n) is 2.56. The van der Waals surface area contributed by atoms with Crippen LogP contribution < -0.4 is 0 Å². The number of aromatic nitrogens is 3. The predicted molar refractivity (Wildman–Crippen MR) is 58.0 cm³/mol. The molecule has 2 aromatic rings. The van der Waals surface area contributed by atoms with Crippen molar-refractivity contribution >= 4 is 27.5 Å². The van der Waals surface area contributed by atoms with Crippen LogP contribution in [-0.4, -0.2) is 15.0 Å². The van der Waals surface area contributed by atoms with Crippen LogP contribution in [0.1, 0.15) is 0 Å². The molecule has 3 nitrogen and oxygen atoms in total. The summed E-state index contributed by atoms with van der Waals surface area (Å²) < 4.78 is 0.651. The van der Waals surface area contributed by atoms with E-state index in [1.807, 2.05) is 18.2 Å². The molecule has 0 saturated carbocycles. The Labute approximate surface area is 94.3 Å². The van der Waals surface area contributed by atoms with Gasteiger partial charge in [-0.1, -0.05) is 6.07 Å². The zero-order chi connectivity index (χ0) is 9.97. The minimum Gasteiger partial charge on any atom is -0.255 e. The van der Waals surface area contributed by atoms with Gasteiger partial charge < -0.3 is 0 Å². The van der Waals surface area contributed by atoms with Gasteiger partial charge in [-0.2, -0.15) is 0 Å². The molecule has 2 aromatic heterocycles. The van der Waals surface area contributed by atoms with Crippen molar-refractivity contribution in [3.63, 3.8) is 0 Å². The van der Waals surface area contributed by atoms with Crippen LogP contribution in [0, 0.1) is 0 Å². The van der Waals surface area contributed by atoms with Crippen LogP contribution in [0.15, 0.2) is 35.1 Å². The average molecular weight is 271 g/mol. The van der Waals surface area contributed by atoms with Gasteiger partial charge in [-0.05, 0) is 45.7 Å². The summed E-state index contributed by atoms with van der Waals surface area (Å²) in [4.78, 5) is 12.1. The van der Waals surface area contributed by atoms with E-state index in [-0.39, 0.29) is 5.28 Å². The summed E-state index contributed by atoms with van der Waals surface area (Å²) in [6.07, 6.45) is 1.71. The maximum absolute atomic E-state index is 5.72. The summed E-state index contributed by atoms with van der Waals surface area (Å²) in [7, 11) is 0. The highest BCUT2D eigenvalue weighted by atomic mass is 79.9. The van der Waals surface area contributed by atoms with Crippen LogP contribution in [0.2, 0.25) is 5.28 Å². The van der Waals surface area contributed by atoms with Crippen LogP contribution >= 0.6 is 27.5 Å². The van der Waals surface area contributed by atoms with Gasteiger partial charge in [0.05, 0.1) is 11.4 Å². The summed E-state index contributed by atoms with van der Waals surface area (Å²) in [5, 5.41) is 0.208. The molecule has 0 aliphatic rings. The lowest BCUT2D eigenvalue weighted by atomic mass is 10.3. The fourth-order valence-electron chi connectivity index (χ4n) is 1.04. The molecule has 0 spiro atoms. The van der Waals surface area contributed by atoms with Gasteiger partial charge in [-0.3, -0.25) is 4.98 Å². The van der Waals surface area contributed by atoms with Crippen molar-refractivity contribution in [2.45, 2.75) is 0 Å². The molecule has 0 bridgehead atoms. The van der Waals surface area contributed by atoms with Crippen molar-refractivity contribution in [3.05, 3.63) is 40.3 Å². The first-order valence-electron chi connectivity index (χ1n) is 3.87. The minimum atomic E-state index is 0.208. The van der Waals surface area contributed by atoms with Crippen molar-refractivity contribution in [2.24, 2.45) is 0 Å². The molecule has 2 heterocycles. The summed E-state index contributed by atoms with van der Waals surface area (Å²) in [5.74, 6) is 0. The molecular formula is C9H5BrClN3. The Bertz CT molecular complexity index is 427. The normalized spacial score (nSPS) is 10.1. The van der Waals surface area contributed by atoms with Crippen molar-refractivity contribution in [1.29, 1.82) is 0 Å². The van der Waals surface area contributed by atoms with Crippen LogP contribution in [0.5, 0.6) is 0 Å². The van der Waals surface area contributed by atoms with Crippen LogP contribution in [0.4, 0.5) is 0 Å². The van der Waals surface area contributed by atoms with E-state index in [0.717, 1.165) is 5.69 Å². The third-order valence-electron chi connectivity index (χ3n) is 1.59. The third-order valence-corrected chi connectivity index (χ3v) is 2.17. The summed E-state index contributed by atoms with van der Waals surface area (Å²) in [6, 6.07) is 7.38. The highest BCUT2D eigenvalue weighted by Crippen LogP contribution is 2.19. The monoisotopic (exact) mass is 269 g/mol. The van der Waals surface area contributed by atoms with Gasteiger partial charge in [0, 0.05) is 6.20 Å². The quantitative estimate of drug-likeness (QED) is 0.591. The van der Waals surface area contributed by atoms with Gasteiger partial charge in [0.1, 0.15) is 4.60 Å². The summed E-state index contributed by atoms with van der Waals surface area (Å²) in [6.45, 7) is 0. The molecule has 0 aromatic carbocycles. The van der Waals surface area contributed by atoms with Gasteiger partial charge in [0.15, 0.2) is 0 Å². The summed E-state index contributed by atoms with van der Waals surface area (Å²) >= 11 is 8.97. The first-order valence-corrected chi connectivity index (χ1v) is 5.04. The highest BCUT2D eigenvalue weighted by molar-refractivity contribution is 9.10. The topological polar surface area (TPSA) is 38.7 Å². The molecule has 2 rings (SSSR count). The van der Waals surface area contributed by atoms with E-state index in [0.29, 0.717) is 10.3 Å². The third kappa shape index (κ3) is 2.08. The molecule has 5 heteroatoms. The van der Waals surface area contributed by atoms with Gasteiger partial charge in [-0.15, -0.1) is 0 Å². The standard InChI is InChI=1S/C9H5BrClN3/c10-8-5-7(13-9(11)14-8)6-3-1-2-4-12-6/h1-5H. The average Bonchev–Trinajstić information content (AvgIpc) is 2.18. The SMILES string of the molecule is Clc1nc(Br)cc(-c2ccccn2)n1. The molecule has 0 unspecified atom stereocenters. The molecular weight excluding hydrogens is 265 g/mol. The van der Waals surface area contributed by atoms with Crippen LogP contribution in [0.25, 0.3) is 11.4 Å². The Hall–Kier alpha value is -1.00. The van der Waals surface area contributed by atoms with E-state index in [9.17, 15) is 0 Å². The van der Waals surface area contributed by atoms with Gasteiger partial charge >= 0.3 is 0 Å². The molecule has 0 saturated heterocycles. The molecule has 0 N–H and O–H groups in total. The number of hydrogen-bond donors (Lipinski definition) is 0. The van der Waals surface area contributed by atoms with Gasteiger partial charge in [0.2, 0.25) is 5.28 Å². The molecule has 14 heavy (non-hydrogen) atoms. The number of pyridine rings is 1. The van der Waals surface area contributed by atoms with Crippen LogP contribution in [-0.2, 0) is 0 Å². The Morgan fingerprint density at radius 2 is 2.00 bits per heavy atom. The Kier molecular flexibility index (Phi) is 2.74. The zero-order valence-corrected chi connectivity index (χ0v) is 9.33. The lowest BCUT2D eigenvalue weighted by Crippen LogP contribution is -1.90. The Morgan fingerprint density at radius 1 is 1.14 bits per heavy atom. The van der Waals surface area contributed by atoms with Crippen molar-refractivity contribution < 1.29 is 0 Å². The smallest absolute Gasteiger partial charge is 0.224 e. The maximum Gasteiger partial charge on any atom is 0.224 e. The minimum absolute atomic E-state index is 0.208. The zero-order valence-electron chi connectivity index (χ0n) is 6.98. The van der Waals surface area contributed by atoms with E-state index in [1.165, 1.54) is 0 Å². The lowest BCUT2D eigenvalue weighted by Gasteiger charge is -1.99. The van der Waals surface area contributed by atoms with Crippen molar-refractivity contribution in [3.8, 4) is 11.4 Å². The number of hydrogen-bond acceptors (Lipinski definition) is 3. The maximum atomic E-state index is 5.72. The van der Waals surface area contributed by atoms with Crippen molar-refractivity contribution in [2.75, 3.05) is 0 Å².